The molecular weight excluding hydrogens is 342 g/mol. The number of hydrogen-bond donors (Lipinski definition) is 0. The molecule has 0 heterocycles. The van der Waals surface area contributed by atoms with E-state index < -0.39 is 15.2 Å². The Balaban J connectivity index is 0.000000922. The lowest BCUT2D eigenvalue weighted by Crippen LogP contribution is -2.31. The van der Waals surface area contributed by atoms with Crippen LogP contribution in [0.2, 0.25) is 0 Å². The standard InChI is InChI=1S/C16H27O2P.BF4/c1-15(2,3)19(16(4,5)6)14-10-12(17-7)9-13(11-14)18-8;2-1(3,4)5/h9-11H,1-8H3;/q;-1/p+1. The Kier molecular flexibility index (Phi) is 8.08. The van der Waals surface area contributed by atoms with Gasteiger partial charge in [0.15, 0.2) is 0 Å². The fourth-order valence-electron chi connectivity index (χ4n) is 2.94. The van der Waals surface area contributed by atoms with Gasteiger partial charge in [0.05, 0.1) is 29.8 Å². The summed E-state index contributed by atoms with van der Waals surface area (Å²) >= 11 is 0. The first-order valence-electron chi connectivity index (χ1n) is 7.58. The molecule has 1 aromatic rings. The lowest BCUT2D eigenvalue weighted by molar-refractivity contribution is 0.368. The van der Waals surface area contributed by atoms with Crippen molar-refractivity contribution in [3.8, 4) is 11.5 Å². The van der Waals surface area contributed by atoms with E-state index in [1.807, 2.05) is 6.07 Å². The zero-order valence-electron chi connectivity index (χ0n) is 15.6. The zero-order chi connectivity index (χ0) is 19.3. The molecule has 24 heavy (non-hydrogen) atoms. The van der Waals surface area contributed by atoms with Crippen LogP contribution in [0.25, 0.3) is 0 Å². The van der Waals surface area contributed by atoms with Crippen molar-refractivity contribution in [2.45, 2.75) is 51.9 Å². The molecule has 1 aromatic carbocycles. The molecule has 0 atom stereocenters. The maximum atomic E-state index is 9.75. The van der Waals surface area contributed by atoms with Crippen molar-refractivity contribution in [2.24, 2.45) is 0 Å². The third-order valence-electron chi connectivity index (χ3n) is 3.14. The SMILES string of the molecule is COc1cc(OC)cc([PH+](C(C)(C)C)C(C)(C)C)c1.F[B-](F)(F)F. The topological polar surface area (TPSA) is 18.5 Å². The third kappa shape index (κ3) is 8.77. The molecule has 0 aliphatic rings. The van der Waals surface area contributed by atoms with E-state index in [1.165, 1.54) is 5.30 Å². The highest BCUT2D eigenvalue weighted by molar-refractivity contribution is 7.68. The molecule has 0 fully saturated rings. The van der Waals surface area contributed by atoms with Crippen LogP contribution >= 0.6 is 7.92 Å². The second-order valence-corrected chi connectivity index (χ2v) is 11.8. The summed E-state index contributed by atoms with van der Waals surface area (Å²) in [5.41, 5.74) is 0. The Morgan fingerprint density at radius 1 is 0.750 bits per heavy atom. The van der Waals surface area contributed by atoms with E-state index in [0.717, 1.165) is 11.5 Å². The molecule has 0 aromatic heterocycles. The average Bonchev–Trinajstić information content (AvgIpc) is 2.32. The largest absolute Gasteiger partial charge is 0.673 e. The average molecular weight is 370 g/mol. The van der Waals surface area contributed by atoms with E-state index >= 15 is 0 Å². The Bertz CT molecular complexity index is 480. The van der Waals surface area contributed by atoms with E-state index in [9.17, 15) is 17.3 Å². The van der Waals surface area contributed by atoms with Gasteiger partial charge >= 0.3 is 7.25 Å². The number of halogens is 4. The van der Waals surface area contributed by atoms with E-state index in [-0.39, 0.29) is 10.3 Å². The van der Waals surface area contributed by atoms with Crippen LogP contribution in [0.1, 0.15) is 41.5 Å². The number of hydrogen-bond acceptors (Lipinski definition) is 2. The summed E-state index contributed by atoms with van der Waals surface area (Å²) < 4.78 is 49.8. The summed E-state index contributed by atoms with van der Waals surface area (Å²) in [5, 5.41) is 1.93. The highest BCUT2D eigenvalue weighted by atomic mass is 31.1. The molecule has 0 saturated carbocycles. The summed E-state index contributed by atoms with van der Waals surface area (Å²) in [5.74, 6) is 1.76. The number of benzene rings is 1. The van der Waals surface area contributed by atoms with Crippen LogP contribution < -0.4 is 14.8 Å². The molecule has 140 valence electrons. The first-order valence-corrected chi connectivity index (χ1v) is 9.08. The molecule has 0 N–H and O–H groups in total. The zero-order valence-corrected chi connectivity index (χ0v) is 16.6. The molecule has 0 bridgehead atoms. The van der Waals surface area contributed by atoms with Crippen molar-refractivity contribution >= 4 is 20.5 Å². The van der Waals surface area contributed by atoms with Crippen LogP contribution in [-0.2, 0) is 0 Å². The van der Waals surface area contributed by atoms with Gasteiger partial charge in [-0.15, -0.1) is 0 Å². The van der Waals surface area contributed by atoms with Crippen molar-refractivity contribution in [3.05, 3.63) is 18.2 Å². The molecular formula is C16H28BF4O2P. The van der Waals surface area contributed by atoms with E-state index in [2.05, 4.69) is 53.7 Å². The Hall–Kier alpha value is -0.965. The summed E-state index contributed by atoms with van der Waals surface area (Å²) in [6.07, 6.45) is 0. The molecule has 0 radical (unpaired) electrons. The normalized spacial score (nSPS) is 12.5. The van der Waals surface area contributed by atoms with Crippen molar-refractivity contribution in [2.75, 3.05) is 14.2 Å². The van der Waals surface area contributed by atoms with Gasteiger partial charge in [-0.05, 0) is 41.5 Å². The molecule has 0 aliphatic heterocycles. The maximum absolute atomic E-state index is 9.75. The van der Waals surface area contributed by atoms with E-state index in [1.54, 1.807) is 14.2 Å². The maximum Gasteiger partial charge on any atom is 0.673 e. The highest BCUT2D eigenvalue weighted by Crippen LogP contribution is 2.58. The van der Waals surface area contributed by atoms with Gasteiger partial charge in [-0.3, -0.25) is 0 Å². The fourth-order valence-corrected chi connectivity index (χ4v) is 7.50. The second-order valence-electron chi connectivity index (χ2n) is 7.47. The van der Waals surface area contributed by atoms with Crippen LogP contribution in [0, 0.1) is 0 Å². The predicted octanol–water partition coefficient (Wildman–Crippen LogP) is 5.44. The Labute approximate surface area is 143 Å². The molecule has 0 unspecified atom stereocenters. The van der Waals surface area contributed by atoms with Gasteiger partial charge in [-0.2, -0.15) is 0 Å². The smallest absolute Gasteiger partial charge is 0.496 e. The Morgan fingerprint density at radius 2 is 1.04 bits per heavy atom. The monoisotopic (exact) mass is 370 g/mol. The lowest BCUT2D eigenvalue weighted by atomic mass is 10.2. The minimum Gasteiger partial charge on any atom is -0.496 e. The number of methoxy groups -OCH3 is 2. The molecule has 0 spiro atoms. The van der Waals surface area contributed by atoms with Crippen LogP contribution in [0.3, 0.4) is 0 Å². The van der Waals surface area contributed by atoms with E-state index in [4.69, 9.17) is 9.47 Å². The van der Waals surface area contributed by atoms with Gasteiger partial charge in [0.2, 0.25) is 0 Å². The second kappa shape index (κ2) is 8.42. The van der Waals surface area contributed by atoms with Gasteiger partial charge in [0, 0.05) is 26.1 Å². The molecule has 0 saturated heterocycles. The minimum atomic E-state index is -6.00. The summed E-state index contributed by atoms with van der Waals surface area (Å²) in [4.78, 5) is 0. The molecule has 1 rings (SSSR count). The summed E-state index contributed by atoms with van der Waals surface area (Å²) in [7, 11) is -3.36. The number of ether oxygens (including phenoxy) is 2. The van der Waals surface area contributed by atoms with Crippen molar-refractivity contribution in [1.29, 1.82) is 0 Å². The lowest BCUT2D eigenvalue weighted by Gasteiger charge is -2.34. The first-order chi connectivity index (χ1) is 10.6. The fraction of sp³-hybridized carbons (Fsp3) is 0.625. The van der Waals surface area contributed by atoms with Crippen LogP contribution in [0.4, 0.5) is 17.3 Å². The van der Waals surface area contributed by atoms with Crippen molar-refractivity contribution < 1.29 is 26.7 Å². The van der Waals surface area contributed by atoms with E-state index in [0.29, 0.717) is 0 Å². The van der Waals surface area contributed by atoms with Crippen molar-refractivity contribution in [3.63, 3.8) is 0 Å². The quantitative estimate of drug-likeness (QED) is 0.401. The molecule has 0 aliphatic carbocycles. The molecule has 2 nitrogen and oxygen atoms in total. The minimum absolute atomic E-state index is 0.278. The summed E-state index contributed by atoms with van der Waals surface area (Å²) in [6.45, 7) is 14.0. The van der Waals surface area contributed by atoms with Gasteiger partial charge in [-0.1, -0.05) is 0 Å². The van der Waals surface area contributed by atoms with Gasteiger partial charge in [0.1, 0.15) is 11.5 Å². The highest BCUT2D eigenvalue weighted by Gasteiger charge is 2.44. The van der Waals surface area contributed by atoms with Gasteiger partial charge < -0.3 is 26.7 Å². The Morgan fingerprint density at radius 3 is 1.25 bits per heavy atom. The van der Waals surface area contributed by atoms with Crippen LogP contribution in [-0.4, -0.2) is 31.8 Å². The van der Waals surface area contributed by atoms with Crippen LogP contribution in [0.5, 0.6) is 11.5 Å². The van der Waals surface area contributed by atoms with Gasteiger partial charge in [-0.25, -0.2) is 0 Å². The van der Waals surface area contributed by atoms with Crippen molar-refractivity contribution in [1.82, 2.24) is 0 Å². The third-order valence-corrected chi connectivity index (χ3v) is 7.01. The predicted molar refractivity (Wildman–Crippen MR) is 97.2 cm³/mol. The van der Waals surface area contributed by atoms with Crippen LogP contribution in [0.15, 0.2) is 18.2 Å². The molecule has 8 heteroatoms. The van der Waals surface area contributed by atoms with Gasteiger partial charge in [0.25, 0.3) is 0 Å². The molecule has 0 amide bonds. The first kappa shape index (κ1) is 23.0. The summed E-state index contributed by atoms with van der Waals surface area (Å²) in [6, 6.07) is 6.29. The number of rotatable bonds is 3.